The highest BCUT2D eigenvalue weighted by Gasteiger charge is 2.27. The molecule has 0 aliphatic heterocycles. The fraction of sp³-hybridized carbons (Fsp3) is 0.108. The van der Waals surface area contributed by atoms with E-state index in [2.05, 4.69) is 118 Å². The van der Waals surface area contributed by atoms with Crippen LogP contribution in [0, 0.1) is 0 Å². The van der Waals surface area contributed by atoms with E-state index in [1.165, 1.54) is 0 Å². The highest BCUT2D eigenvalue weighted by atomic mass is 15.2. The van der Waals surface area contributed by atoms with Gasteiger partial charge >= 0.3 is 0 Å². The van der Waals surface area contributed by atoms with Crippen LogP contribution in [0.4, 0.5) is 28.6 Å². The molecule has 0 bridgehead atoms. The van der Waals surface area contributed by atoms with Crippen LogP contribution in [0.15, 0.2) is 146 Å². The third-order valence-corrected chi connectivity index (χ3v) is 7.71. The number of nitrogens with zero attached hydrogens (tertiary/aromatic N) is 5. The van der Waals surface area contributed by atoms with Gasteiger partial charge in [0.1, 0.15) is 5.82 Å². The molecule has 0 aliphatic carbocycles. The molecule has 3 heterocycles. The van der Waals surface area contributed by atoms with E-state index in [0.717, 1.165) is 51.0 Å². The van der Waals surface area contributed by atoms with Crippen LogP contribution in [-0.2, 0) is 5.41 Å². The summed E-state index contributed by atoms with van der Waals surface area (Å²) in [5.41, 5.74) is 8.09. The molecule has 6 rings (SSSR count). The molecule has 3 aromatic carbocycles. The van der Waals surface area contributed by atoms with Gasteiger partial charge in [-0.15, -0.1) is 0 Å². The predicted octanol–water partition coefficient (Wildman–Crippen LogP) is 9.10. The van der Waals surface area contributed by atoms with Crippen LogP contribution in [0.3, 0.4) is 0 Å². The Kier molecular flexibility index (Phi) is 7.48. The van der Waals surface area contributed by atoms with Crippen molar-refractivity contribution < 1.29 is 0 Å². The fourth-order valence-corrected chi connectivity index (χ4v) is 5.19. The van der Waals surface area contributed by atoms with E-state index in [1.807, 2.05) is 73.3 Å². The van der Waals surface area contributed by atoms with E-state index in [4.69, 9.17) is 0 Å². The Morgan fingerprint density at radius 3 is 1.79 bits per heavy atom. The Morgan fingerprint density at radius 1 is 0.548 bits per heavy atom. The third kappa shape index (κ3) is 5.50. The van der Waals surface area contributed by atoms with E-state index in [1.54, 1.807) is 0 Å². The molecule has 0 radical (unpaired) electrons. The average molecular weight is 548 g/mol. The van der Waals surface area contributed by atoms with Gasteiger partial charge in [0.2, 0.25) is 0 Å². The topological polar surface area (TPSA) is 45.2 Å². The highest BCUT2D eigenvalue weighted by Crippen LogP contribution is 2.42. The lowest BCUT2D eigenvalue weighted by Crippen LogP contribution is -2.22. The van der Waals surface area contributed by atoms with Crippen molar-refractivity contribution >= 4 is 28.6 Å². The largest absolute Gasteiger partial charge is 0.329 e. The van der Waals surface area contributed by atoms with Crippen molar-refractivity contribution in [1.82, 2.24) is 15.0 Å². The SMILES string of the molecule is CN(c1cc(N(c2ccccc2)c2ccccc2)cc(C(C)(C)c2cncc(-c3ccccn3)c2)c1)c1ccccn1. The molecular weight excluding hydrogens is 514 g/mol. The van der Waals surface area contributed by atoms with E-state index in [0.29, 0.717) is 0 Å². The molecule has 206 valence electrons. The molecule has 0 N–H and O–H groups in total. The normalized spacial score (nSPS) is 11.2. The summed E-state index contributed by atoms with van der Waals surface area (Å²) in [6.45, 7) is 4.51. The van der Waals surface area contributed by atoms with Gasteiger partial charge in [-0.3, -0.25) is 9.97 Å². The molecule has 3 aromatic heterocycles. The fourth-order valence-electron chi connectivity index (χ4n) is 5.19. The number of para-hydroxylation sites is 2. The monoisotopic (exact) mass is 547 g/mol. The zero-order chi connectivity index (χ0) is 28.9. The maximum Gasteiger partial charge on any atom is 0.132 e. The zero-order valence-electron chi connectivity index (χ0n) is 24.1. The van der Waals surface area contributed by atoms with Gasteiger partial charge in [-0.1, -0.05) is 62.4 Å². The molecule has 0 spiro atoms. The Labute approximate surface area is 247 Å². The van der Waals surface area contributed by atoms with Gasteiger partial charge in [-0.2, -0.15) is 0 Å². The Hall–Kier alpha value is -5.29. The van der Waals surface area contributed by atoms with Crippen molar-refractivity contribution in [3.05, 3.63) is 157 Å². The van der Waals surface area contributed by atoms with Crippen molar-refractivity contribution in [2.45, 2.75) is 19.3 Å². The molecule has 42 heavy (non-hydrogen) atoms. The van der Waals surface area contributed by atoms with E-state index < -0.39 is 0 Å². The first-order chi connectivity index (χ1) is 20.5. The van der Waals surface area contributed by atoms with Gasteiger partial charge in [0, 0.05) is 65.6 Å². The number of aromatic nitrogens is 3. The second kappa shape index (κ2) is 11.7. The molecular formula is C37H33N5. The van der Waals surface area contributed by atoms with Gasteiger partial charge in [0.15, 0.2) is 0 Å². The number of hydrogen-bond donors (Lipinski definition) is 0. The minimum atomic E-state index is -0.368. The summed E-state index contributed by atoms with van der Waals surface area (Å²) in [6.07, 6.45) is 7.49. The molecule has 0 unspecified atom stereocenters. The third-order valence-electron chi connectivity index (χ3n) is 7.71. The second-order valence-electron chi connectivity index (χ2n) is 10.8. The average Bonchev–Trinajstić information content (AvgIpc) is 3.06. The van der Waals surface area contributed by atoms with Crippen LogP contribution in [0.2, 0.25) is 0 Å². The van der Waals surface area contributed by atoms with Crippen molar-refractivity contribution in [3.63, 3.8) is 0 Å². The maximum atomic E-state index is 4.64. The summed E-state index contributed by atoms with van der Waals surface area (Å²) in [4.78, 5) is 18.3. The van der Waals surface area contributed by atoms with Crippen molar-refractivity contribution in [1.29, 1.82) is 0 Å². The summed E-state index contributed by atoms with van der Waals surface area (Å²) in [5.74, 6) is 0.878. The van der Waals surface area contributed by atoms with Crippen LogP contribution in [0.1, 0.15) is 25.0 Å². The minimum Gasteiger partial charge on any atom is -0.329 e. The number of benzene rings is 3. The maximum absolute atomic E-state index is 4.64. The van der Waals surface area contributed by atoms with Crippen molar-refractivity contribution in [2.75, 3.05) is 16.8 Å². The number of pyridine rings is 3. The number of anilines is 5. The molecule has 5 nitrogen and oxygen atoms in total. The van der Waals surface area contributed by atoms with E-state index in [-0.39, 0.29) is 5.41 Å². The van der Waals surface area contributed by atoms with E-state index in [9.17, 15) is 0 Å². The quantitative estimate of drug-likeness (QED) is 0.190. The van der Waals surface area contributed by atoms with Crippen LogP contribution in [0.5, 0.6) is 0 Å². The second-order valence-corrected chi connectivity index (χ2v) is 10.8. The summed E-state index contributed by atoms with van der Waals surface area (Å²) in [5, 5.41) is 0. The molecule has 0 aliphatic rings. The van der Waals surface area contributed by atoms with E-state index >= 15 is 0 Å². The predicted molar refractivity (Wildman–Crippen MR) is 173 cm³/mol. The minimum absolute atomic E-state index is 0.368. The summed E-state index contributed by atoms with van der Waals surface area (Å²) in [7, 11) is 2.07. The Balaban J connectivity index is 1.53. The molecule has 0 fully saturated rings. The zero-order valence-corrected chi connectivity index (χ0v) is 24.1. The van der Waals surface area contributed by atoms with Gasteiger partial charge in [0.25, 0.3) is 0 Å². The lowest BCUT2D eigenvalue weighted by atomic mass is 9.78. The molecule has 6 aromatic rings. The number of rotatable bonds is 8. The summed E-state index contributed by atoms with van der Waals surface area (Å²) in [6, 6.07) is 41.9. The standard InChI is InChI=1S/C37H33N5/c1-37(2,30-22-28(26-38-27-30)35-18-10-12-20-39-35)29-23-33(41(3)36-19-11-13-21-40-36)25-34(24-29)42(31-14-6-4-7-15-31)32-16-8-5-9-17-32/h4-27H,1-3H3. The lowest BCUT2D eigenvalue weighted by molar-refractivity contribution is 0.638. The van der Waals surface area contributed by atoms with Crippen LogP contribution in [-0.4, -0.2) is 22.0 Å². The Morgan fingerprint density at radius 2 is 1.17 bits per heavy atom. The first kappa shape index (κ1) is 26.9. The smallest absolute Gasteiger partial charge is 0.132 e. The van der Waals surface area contributed by atoms with Crippen molar-refractivity contribution in [3.8, 4) is 11.3 Å². The van der Waals surface area contributed by atoms with Gasteiger partial charge in [-0.25, -0.2) is 4.98 Å². The van der Waals surface area contributed by atoms with Crippen LogP contribution in [0.25, 0.3) is 11.3 Å². The number of hydrogen-bond acceptors (Lipinski definition) is 5. The molecule has 0 saturated carbocycles. The molecule has 5 heteroatoms. The first-order valence-corrected chi connectivity index (χ1v) is 14.1. The van der Waals surface area contributed by atoms with Crippen LogP contribution < -0.4 is 9.80 Å². The van der Waals surface area contributed by atoms with Crippen molar-refractivity contribution in [2.24, 2.45) is 0 Å². The summed E-state index contributed by atoms with van der Waals surface area (Å²) < 4.78 is 0. The Bertz CT molecular complexity index is 1720. The lowest BCUT2D eigenvalue weighted by Gasteiger charge is -2.32. The molecule has 0 saturated heterocycles. The first-order valence-electron chi connectivity index (χ1n) is 14.1. The van der Waals surface area contributed by atoms with Gasteiger partial charge in [-0.05, 0) is 83.9 Å². The van der Waals surface area contributed by atoms with Gasteiger partial charge in [0.05, 0.1) is 5.69 Å². The molecule has 0 amide bonds. The highest BCUT2D eigenvalue weighted by molar-refractivity contribution is 5.80. The van der Waals surface area contributed by atoms with Crippen LogP contribution >= 0.6 is 0 Å². The summed E-state index contributed by atoms with van der Waals surface area (Å²) >= 11 is 0. The van der Waals surface area contributed by atoms with Gasteiger partial charge < -0.3 is 9.80 Å². The molecule has 0 atom stereocenters.